The van der Waals surface area contributed by atoms with Gasteiger partial charge in [0.25, 0.3) is 17.5 Å². The average Bonchev–Trinajstić information content (AvgIpc) is 2.59. The van der Waals surface area contributed by atoms with Gasteiger partial charge in [0.2, 0.25) is 0 Å². The Kier molecular flexibility index (Phi) is 5.56. The Bertz CT molecular complexity index is 839. The molecule has 0 aliphatic rings. The SMILES string of the molecule is CN(C)c1cccc(C(=O)NNC(=O)c2ccc(Cl)cc2[N+](=O)[O-])c1. The smallest absolute Gasteiger partial charge is 0.283 e. The van der Waals surface area contributed by atoms with E-state index in [4.69, 9.17) is 11.6 Å². The van der Waals surface area contributed by atoms with Crippen LogP contribution in [0.15, 0.2) is 42.5 Å². The maximum absolute atomic E-state index is 12.1. The number of carbonyl (C=O) groups excluding carboxylic acids is 2. The maximum Gasteiger partial charge on any atom is 0.283 e. The second-order valence-corrected chi connectivity index (χ2v) is 5.71. The number of anilines is 1. The van der Waals surface area contributed by atoms with E-state index in [2.05, 4.69) is 10.9 Å². The Morgan fingerprint density at radius 3 is 2.40 bits per heavy atom. The molecule has 0 bridgehead atoms. The largest absolute Gasteiger partial charge is 0.378 e. The van der Waals surface area contributed by atoms with Crippen LogP contribution >= 0.6 is 11.6 Å². The Hall–Kier alpha value is -3.13. The summed E-state index contributed by atoms with van der Waals surface area (Å²) in [5, 5.41) is 11.1. The fourth-order valence-electron chi connectivity index (χ4n) is 2.03. The summed E-state index contributed by atoms with van der Waals surface area (Å²) < 4.78 is 0. The van der Waals surface area contributed by atoms with E-state index in [0.29, 0.717) is 5.56 Å². The molecule has 0 saturated carbocycles. The quantitative estimate of drug-likeness (QED) is 0.641. The molecule has 0 fully saturated rings. The van der Waals surface area contributed by atoms with Gasteiger partial charge in [0, 0.05) is 36.4 Å². The first kappa shape index (κ1) is 18.2. The van der Waals surface area contributed by atoms with Crippen LogP contribution in [0.25, 0.3) is 0 Å². The van der Waals surface area contributed by atoms with Crippen molar-refractivity contribution >= 4 is 34.8 Å². The van der Waals surface area contributed by atoms with Crippen molar-refractivity contribution in [1.29, 1.82) is 0 Å². The van der Waals surface area contributed by atoms with Gasteiger partial charge in [-0.2, -0.15) is 0 Å². The number of hydrazine groups is 1. The number of carbonyl (C=O) groups is 2. The third-order valence-electron chi connectivity index (χ3n) is 3.32. The van der Waals surface area contributed by atoms with Gasteiger partial charge in [0.05, 0.1) is 4.92 Å². The fourth-order valence-corrected chi connectivity index (χ4v) is 2.19. The summed E-state index contributed by atoms with van der Waals surface area (Å²) in [6.45, 7) is 0. The Morgan fingerprint density at radius 2 is 1.76 bits per heavy atom. The molecule has 2 N–H and O–H groups in total. The second-order valence-electron chi connectivity index (χ2n) is 5.27. The highest BCUT2D eigenvalue weighted by Gasteiger charge is 2.21. The Balaban J connectivity index is 2.11. The lowest BCUT2D eigenvalue weighted by atomic mass is 10.1. The number of hydrogen-bond donors (Lipinski definition) is 2. The summed E-state index contributed by atoms with van der Waals surface area (Å²) in [6, 6.07) is 10.4. The van der Waals surface area contributed by atoms with E-state index in [9.17, 15) is 19.7 Å². The van der Waals surface area contributed by atoms with Gasteiger partial charge in [0.1, 0.15) is 5.56 Å². The summed E-state index contributed by atoms with van der Waals surface area (Å²) in [7, 11) is 3.66. The van der Waals surface area contributed by atoms with Gasteiger partial charge >= 0.3 is 0 Å². The molecule has 0 heterocycles. The first-order chi connectivity index (χ1) is 11.8. The van der Waals surface area contributed by atoms with Crippen LogP contribution in [-0.4, -0.2) is 30.8 Å². The standard InChI is InChI=1S/C16H15ClN4O4/c1-20(2)12-5-3-4-10(8-12)15(22)18-19-16(23)13-7-6-11(17)9-14(13)21(24)25/h3-9H,1-2H3,(H,18,22)(H,19,23). The highest BCUT2D eigenvalue weighted by atomic mass is 35.5. The molecule has 0 unspecified atom stereocenters. The van der Waals surface area contributed by atoms with Crippen molar-refractivity contribution in [3.63, 3.8) is 0 Å². The molecule has 2 aromatic carbocycles. The summed E-state index contributed by atoms with van der Waals surface area (Å²) in [5.41, 5.74) is 4.87. The Labute approximate surface area is 148 Å². The third-order valence-corrected chi connectivity index (χ3v) is 3.55. The van der Waals surface area contributed by atoms with E-state index in [1.54, 1.807) is 18.2 Å². The van der Waals surface area contributed by atoms with Crippen LogP contribution in [0.3, 0.4) is 0 Å². The van der Waals surface area contributed by atoms with Gasteiger partial charge < -0.3 is 4.90 Å². The van der Waals surface area contributed by atoms with Crippen LogP contribution in [0.5, 0.6) is 0 Å². The molecule has 9 heteroatoms. The maximum atomic E-state index is 12.1. The molecule has 8 nitrogen and oxygen atoms in total. The van der Waals surface area contributed by atoms with Gasteiger partial charge in [0.15, 0.2) is 0 Å². The molecule has 130 valence electrons. The van der Waals surface area contributed by atoms with Crippen LogP contribution in [0.1, 0.15) is 20.7 Å². The summed E-state index contributed by atoms with van der Waals surface area (Å²) in [6.07, 6.45) is 0. The van der Waals surface area contributed by atoms with Crippen LogP contribution in [0, 0.1) is 10.1 Å². The summed E-state index contributed by atoms with van der Waals surface area (Å²) in [4.78, 5) is 36.4. The highest BCUT2D eigenvalue weighted by molar-refractivity contribution is 6.31. The zero-order valence-electron chi connectivity index (χ0n) is 13.4. The third kappa shape index (κ3) is 4.45. The molecule has 0 spiro atoms. The zero-order chi connectivity index (χ0) is 18.6. The first-order valence-electron chi connectivity index (χ1n) is 7.11. The number of nitrogens with one attached hydrogen (secondary N) is 2. The number of nitrogens with zero attached hydrogens (tertiary/aromatic N) is 2. The van der Waals surface area contributed by atoms with Crippen molar-refractivity contribution in [1.82, 2.24) is 10.9 Å². The average molecular weight is 363 g/mol. The molecule has 25 heavy (non-hydrogen) atoms. The van der Waals surface area contributed by atoms with Crippen LogP contribution < -0.4 is 15.8 Å². The zero-order valence-corrected chi connectivity index (χ0v) is 14.2. The van der Waals surface area contributed by atoms with Gasteiger partial charge in [-0.15, -0.1) is 0 Å². The van der Waals surface area contributed by atoms with Crippen LogP contribution in [0.4, 0.5) is 11.4 Å². The van der Waals surface area contributed by atoms with Gasteiger partial charge in [-0.05, 0) is 30.3 Å². The molecule has 0 aliphatic heterocycles. The molecule has 2 amide bonds. The molecule has 2 rings (SSSR count). The Morgan fingerprint density at radius 1 is 1.08 bits per heavy atom. The number of nitro benzene ring substituents is 1. The van der Waals surface area contributed by atoms with E-state index in [-0.39, 0.29) is 10.6 Å². The van der Waals surface area contributed by atoms with Crippen molar-refractivity contribution < 1.29 is 14.5 Å². The van der Waals surface area contributed by atoms with Crippen molar-refractivity contribution in [3.8, 4) is 0 Å². The lowest BCUT2D eigenvalue weighted by molar-refractivity contribution is -0.385. The van der Waals surface area contributed by atoms with Crippen molar-refractivity contribution in [2.24, 2.45) is 0 Å². The van der Waals surface area contributed by atoms with Crippen LogP contribution in [-0.2, 0) is 0 Å². The van der Waals surface area contributed by atoms with E-state index in [1.165, 1.54) is 12.1 Å². The minimum absolute atomic E-state index is 0.132. The minimum Gasteiger partial charge on any atom is -0.378 e. The van der Waals surface area contributed by atoms with Gasteiger partial charge in [-0.1, -0.05) is 17.7 Å². The van der Waals surface area contributed by atoms with Crippen molar-refractivity contribution in [2.75, 3.05) is 19.0 Å². The molecule has 0 radical (unpaired) electrons. The van der Waals surface area contributed by atoms with Gasteiger partial charge in [-0.3, -0.25) is 30.6 Å². The first-order valence-corrected chi connectivity index (χ1v) is 7.49. The summed E-state index contributed by atoms with van der Waals surface area (Å²) >= 11 is 5.70. The van der Waals surface area contributed by atoms with E-state index in [1.807, 2.05) is 25.1 Å². The van der Waals surface area contributed by atoms with E-state index < -0.39 is 22.4 Å². The minimum atomic E-state index is -0.819. The number of halogens is 1. The second kappa shape index (κ2) is 7.63. The molecule has 0 atom stereocenters. The van der Waals surface area contributed by atoms with Crippen LogP contribution in [0.2, 0.25) is 5.02 Å². The molecule has 2 aromatic rings. The van der Waals surface area contributed by atoms with Gasteiger partial charge in [-0.25, -0.2) is 0 Å². The number of benzene rings is 2. The van der Waals surface area contributed by atoms with Crippen molar-refractivity contribution in [2.45, 2.75) is 0 Å². The molecule has 0 aromatic heterocycles. The summed E-state index contributed by atoms with van der Waals surface area (Å²) in [5.74, 6) is -1.37. The lowest BCUT2D eigenvalue weighted by Gasteiger charge is -2.13. The predicted molar refractivity (Wildman–Crippen MR) is 93.8 cm³/mol. The normalized spacial score (nSPS) is 10.0. The predicted octanol–water partition coefficient (Wildman–Crippen LogP) is 2.39. The number of amides is 2. The molecular weight excluding hydrogens is 348 g/mol. The monoisotopic (exact) mass is 362 g/mol. The molecule has 0 aliphatic carbocycles. The van der Waals surface area contributed by atoms with Crippen molar-refractivity contribution in [3.05, 3.63) is 68.7 Å². The van der Waals surface area contributed by atoms with E-state index >= 15 is 0 Å². The number of nitro groups is 1. The topological polar surface area (TPSA) is 105 Å². The highest BCUT2D eigenvalue weighted by Crippen LogP contribution is 2.23. The molecular formula is C16H15ClN4O4. The fraction of sp³-hybridized carbons (Fsp3) is 0.125. The lowest BCUT2D eigenvalue weighted by Crippen LogP contribution is -2.41. The number of rotatable bonds is 4. The van der Waals surface area contributed by atoms with E-state index in [0.717, 1.165) is 11.8 Å². The molecule has 0 saturated heterocycles. The number of hydrogen-bond acceptors (Lipinski definition) is 5.